The van der Waals surface area contributed by atoms with Gasteiger partial charge in [-0.1, -0.05) is 53.1 Å². The summed E-state index contributed by atoms with van der Waals surface area (Å²) in [5.74, 6) is -0.934. The van der Waals surface area contributed by atoms with Crippen LogP contribution in [0.15, 0.2) is 53.6 Å². The van der Waals surface area contributed by atoms with Crippen LogP contribution >= 0.6 is 0 Å². The first-order valence-corrected chi connectivity index (χ1v) is 8.13. The predicted octanol–water partition coefficient (Wildman–Crippen LogP) is 3.48. The average Bonchev–Trinajstić information content (AvgIpc) is 2.94. The van der Waals surface area contributed by atoms with Crippen LogP contribution in [0.3, 0.4) is 0 Å². The lowest BCUT2D eigenvalue weighted by Crippen LogP contribution is -2.41. The monoisotopic (exact) mass is 350 g/mol. The summed E-state index contributed by atoms with van der Waals surface area (Å²) in [6.07, 6.45) is -0.0182. The fourth-order valence-corrected chi connectivity index (χ4v) is 3.42. The molecule has 0 aromatic heterocycles. The zero-order valence-electron chi connectivity index (χ0n) is 14.5. The summed E-state index contributed by atoms with van der Waals surface area (Å²) in [6.45, 7) is 1.95. The van der Waals surface area contributed by atoms with Crippen LogP contribution in [0.2, 0.25) is 0 Å². The molecule has 0 unspecified atom stereocenters. The van der Waals surface area contributed by atoms with Gasteiger partial charge in [-0.15, -0.1) is 0 Å². The van der Waals surface area contributed by atoms with Gasteiger partial charge in [-0.25, -0.2) is 0 Å². The first-order valence-electron chi connectivity index (χ1n) is 8.13. The average molecular weight is 350 g/mol. The Morgan fingerprint density at radius 2 is 1.96 bits per heavy atom. The Balaban J connectivity index is 2.20. The number of rotatable bonds is 5. The summed E-state index contributed by atoms with van der Waals surface area (Å²) in [5.41, 5.74) is 10.9. The van der Waals surface area contributed by atoms with E-state index in [-0.39, 0.29) is 12.3 Å². The number of azide groups is 1. The Hall–Kier alpha value is -3.31. The summed E-state index contributed by atoms with van der Waals surface area (Å²) in [7, 11) is 1.23. The summed E-state index contributed by atoms with van der Waals surface area (Å²) in [5, 5.41) is 6.46. The molecule has 1 amide bonds. The molecule has 0 fully saturated rings. The first-order chi connectivity index (χ1) is 12.5. The van der Waals surface area contributed by atoms with Gasteiger partial charge in [0, 0.05) is 10.6 Å². The van der Waals surface area contributed by atoms with E-state index in [9.17, 15) is 9.59 Å². The van der Waals surface area contributed by atoms with Crippen molar-refractivity contribution in [2.75, 3.05) is 12.4 Å². The number of amides is 1. The van der Waals surface area contributed by atoms with Gasteiger partial charge in [-0.05, 0) is 36.1 Å². The van der Waals surface area contributed by atoms with E-state index >= 15 is 0 Å². The van der Waals surface area contributed by atoms with Crippen molar-refractivity contribution in [3.05, 3.63) is 75.7 Å². The van der Waals surface area contributed by atoms with Gasteiger partial charge in [0.15, 0.2) is 0 Å². The normalized spacial score (nSPS) is 19.1. The SMILES string of the molecule is COC(=O)[C@@H](C[C@]1(c2ccc(C)cc2)C(=O)Nc2ccccc21)N=[N+]=[N-]. The second kappa shape index (κ2) is 6.90. The van der Waals surface area contributed by atoms with Gasteiger partial charge in [0.2, 0.25) is 5.91 Å². The molecule has 0 aliphatic carbocycles. The number of nitrogens with one attached hydrogen (secondary N) is 1. The minimum Gasteiger partial charge on any atom is -0.469 e. The van der Waals surface area contributed by atoms with Crippen molar-refractivity contribution in [1.29, 1.82) is 0 Å². The van der Waals surface area contributed by atoms with Gasteiger partial charge in [0.1, 0.15) is 11.5 Å². The Labute approximate surface area is 150 Å². The summed E-state index contributed by atoms with van der Waals surface area (Å²) >= 11 is 0. The molecule has 7 heteroatoms. The minimum absolute atomic E-state index is 0.0182. The molecule has 1 aliphatic rings. The van der Waals surface area contributed by atoms with Gasteiger partial charge in [0.05, 0.1) is 7.11 Å². The number of esters is 1. The largest absolute Gasteiger partial charge is 0.469 e. The minimum atomic E-state index is -1.14. The highest BCUT2D eigenvalue weighted by Crippen LogP contribution is 2.46. The van der Waals surface area contributed by atoms with Crippen molar-refractivity contribution in [3.63, 3.8) is 0 Å². The van der Waals surface area contributed by atoms with Crippen molar-refractivity contribution < 1.29 is 14.3 Å². The van der Waals surface area contributed by atoms with E-state index in [4.69, 9.17) is 10.3 Å². The topological polar surface area (TPSA) is 104 Å². The molecule has 7 nitrogen and oxygen atoms in total. The molecule has 1 heterocycles. The Morgan fingerprint density at radius 1 is 1.27 bits per heavy atom. The van der Waals surface area contributed by atoms with E-state index in [1.54, 1.807) is 0 Å². The highest BCUT2D eigenvalue weighted by Gasteiger charge is 2.50. The van der Waals surface area contributed by atoms with Crippen LogP contribution in [0, 0.1) is 6.92 Å². The number of nitrogens with zero attached hydrogens (tertiary/aromatic N) is 3. The first kappa shape index (κ1) is 17.5. The zero-order valence-corrected chi connectivity index (χ0v) is 14.5. The van der Waals surface area contributed by atoms with E-state index < -0.39 is 17.4 Å². The lowest BCUT2D eigenvalue weighted by molar-refractivity contribution is -0.142. The second-order valence-electron chi connectivity index (χ2n) is 6.22. The number of methoxy groups -OCH3 is 1. The quantitative estimate of drug-likeness (QED) is 0.386. The van der Waals surface area contributed by atoms with Crippen LogP contribution in [-0.4, -0.2) is 25.0 Å². The lowest BCUT2D eigenvalue weighted by atomic mass is 9.71. The number of ether oxygens (including phenoxy) is 1. The number of para-hydroxylation sites is 1. The number of carbonyl (C=O) groups excluding carboxylic acids is 2. The van der Waals surface area contributed by atoms with Crippen LogP contribution in [0.25, 0.3) is 10.4 Å². The summed E-state index contributed by atoms with van der Waals surface area (Å²) in [6, 6.07) is 13.7. The summed E-state index contributed by atoms with van der Waals surface area (Å²) < 4.78 is 4.76. The number of fused-ring (bicyclic) bond motifs is 1. The molecule has 0 bridgehead atoms. The number of aryl methyl sites for hydroxylation is 1. The zero-order chi connectivity index (χ0) is 18.7. The number of hydrogen-bond donors (Lipinski definition) is 1. The molecule has 2 atom stereocenters. The standard InChI is InChI=1S/C19H18N4O3/c1-12-7-9-13(10-8-12)19(11-16(22-23-20)17(24)26-2)14-5-3-4-6-15(14)21-18(19)25/h3-10,16H,11H2,1-2H3,(H,21,25)/t16-,19-/m1/s1. The van der Waals surface area contributed by atoms with E-state index in [0.717, 1.165) is 16.7 Å². The number of anilines is 1. The highest BCUT2D eigenvalue weighted by molar-refractivity contribution is 6.09. The lowest BCUT2D eigenvalue weighted by Gasteiger charge is -2.30. The third kappa shape index (κ3) is 2.78. The van der Waals surface area contributed by atoms with Gasteiger partial charge in [0.25, 0.3) is 0 Å². The van der Waals surface area contributed by atoms with E-state index in [2.05, 4.69) is 15.3 Å². The third-order valence-corrected chi connectivity index (χ3v) is 4.73. The van der Waals surface area contributed by atoms with Crippen molar-refractivity contribution in [2.45, 2.75) is 24.8 Å². The fourth-order valence-electron chi connectivity index (χ4n) is 3.42. The Bertz CT molecular complexity index is 903. The van der Waals surface area contributed by atoms with Crippen LogP contribution in [0.4, 0.5) is 5.69 Å². The van der Waals surface area contributed by atoms with E-state index in [0.29, 0.717) is 5.69 Å². The van der Waals surface area contributed by atoms with Crippen LogP contribution in [0.5, 0.6) is 0 Å². The third-order valence-electron chi connectivity index (χ3n) is 4.73. The molecule has 0 saturated carbocycles. The number of hydrogen-bond acceptors (Lipinski definition) is 4. The number of benzene rings is 2. The molecular weight excluding hydrogens is 332 g/mol. The molecule has 2 aromatic carbocycles. The Morgan fingerprint density at radius 3 is 2.62 bits per heavy atom. The number of carbonyl (C=O) groups is 2. The molecule has 1 N–H and O–H groups in total. The van der Waals surface area contributed by atoms with Gasteiger partial charge >= 0.3 is 5.97 Å². The maximum absolute atomic E-state index is 13.1. The maximum atomic E-state index is 13.1. The molecule has 0 spiro atoms. The van der Waals surface area contributed by atoms with E-state index in [1.807, 2.05) is 55.5 Å². The van der Waals surface area contributed by atoms with Crippen molar-refractivity contribution in [2.24, 2.45) is 5.11 Å². The van der Waals surface area contributed by atoms with E-state index in [1.165, 1.54) is 7.11 Å². The molecule has 0 saturated heterocycles. The van der Waals surface area contributed by atoms with Crippen LogP contribution in [-0.2, 0) is 19.7 Å². The highest BCUT2D eigenvalue weighted by atomic mass is 16.5. The maximum Gasteiger partial charge on any atom is 0.314 e. The van der Waals surface area contributed by atoms with Crippen LogP contribution < -0.4 is 5.32 Å². The summed E-state index contributed by atoms with van der Waals surface area (Å²) in [4.78, 5) is 28.0. The van der Waals surface area contributed by atoms with Crippen molar-refractivity contribution in [1.82, 2.24) is 0 Å². The second-order valence-corrected chi connectivity index (χ2v) is 6.22. The Kier molecular flexibility index (Phi) is 4.65. The molecular formula is C19H18N4O3. The van der Waals surface area contributed by atoms with Gasteiger partial charge in [-0.2, -0.15) is 0 Å². The molecule has 2 aromatic rings. The van der Waals surface area contributed by atoms with Crippen LogP contribution in [0.1, 0.15) is 23.1 Å². The molecule has 3 rings (SSSR count). The molecule has 0 radical (unpaired) electrons. The smallest absolute Gasteiger partial charge is 0.314 e. The van der Waals surface area contributed by atoms with Gasteiger partial charge < -0.3 is 10.1 Å². The molecule has 26 heavy (non-hydrogen) atoms. The fraction of sp³-hybridized carbons (Fsp3) is 0.263. The molecule has 132 valence electrons. The predicted molar refractivity (Wildman–Crippen MR) is 96.6 cm³/mol. The van der Waals surface area contributed by atoms with Crippen molar-refractivity contribution in [3.8, 4) is 0 Å². The van der Waals surface area contributed by atoms with Crippen molar-refractivity contribution >= 4 is 17.6 Å². The van der Waals surface area contributed by atoms with Gasteiger partial charge in [-0.3, -0.25) is 9.59 Å². The molecule has 1 aliphatic heterocycles.